The fraction of sp³-hybridized carbons (Fsp3) is 0.533. The summed E-state index contributed by atoms with van der Waals surface area (Å²) >= 11 is 1.90. The second-order valence-electron chi connectivity index (χ2n) is 5.41. The Hall–Kier alpha value is -1.36. The molecule has 1 aliphatic rings. The Balaban J connectivity index is 2.11. The highest BCUT2D eigenvalue weighted by molar-refractivity contribution is 8.00. The van der Waals surface area contributed by atoms with Crippen LogP contribution in [0.4, 0.5) is 11.4 Å². The highest BCUT2D eigenvalue weighted by Crippen LogP contribution is 2.38. The summed E-state index contributed by atoms with van der Waals surface area (Å²) in [4.78, 5) is 11.3. The van der Waals surface area contributed by atoms with Crippen LogP contribution in [-0.4, -0.2) is 28.6 Å². The van der Waals surface area contributed by atoms with E-state index < -0.39 is 5.97 Å². The normalized spacial score (nSPS) is 17.6. The molecule has 2 rings (SSSR count). The smallest absolute Gasteiger partial charge is 0.337 e. The van der Waals surface area contributed by atoms with Gasteiger partial charge >= 0.3 is 5.97 Å². The average molecular weight is 294 g/mol. The molecule has 0 saturated heterocycles. The number of nitrogens with one attached hydrogen (secondary N) is 1. The molecule has 1 aromatic rings. The Morgan fingerprint density at radius 2 is 2.10 bits per heavy atom. The zero-order chi connectivity index (χ0) is 14.6. The fourth-order valence-corrected chi connectivity index (χ4v) is 3.71. The molecule has 0 atom stereocenters. The number of carbonyl (C=O) groups is 1. The Labute approximate surface area is 124 Å². The third-order valence-corrected chi connectivity index (χ3v) is 5.49. The Morgan fingerprint density at radius 1 is 1.40 bits per heavy atom. The summed E-state index contributed by atoms with van der Waals surface area (Å²) in [7, 11) is 0. The van der Waals surface area contributed by atoms with Gasteiger partial charge in [-0.25, -0.2) is 4.79 Å². The summed E-state index contributed by atoms with van der Waals surface area (Å²) in [6.45, 7) is 0.804. The van der Waals surface area contributed by atoms with E-state index in [2.05, 4.69) is 11.6 Å². The molecule has 4 nitrogen and oxygen atoms in total. The van der Waals surface area contributed by atoms with Crippen molar-refractivity contribution in [3.8, 4) is 0 Å². The quantitative estimate of drug-likeness (QED) is 0.725. The van der Waals surface area contributed by atoms with E-state index >= 15 is 0 Å². The van der Waals surface area contributed by atoms with Gasteiger partial charge in [-0.15, -0.1) is 0 Å². The lowest BCUT2D eigenvalue weighted by Crippen LogP contribution is -2.35. The molecule has 4 N–H and O–H groups in total. The van der Waals surface area contributed by atoms with Crippen molar-refractivity contribution in [1.29, 1.82) is 0 Å². The minimum absolute atomic E-state index is 0.232. The molecule has 0 amide bonds. The molecular weight excluding hydrogens is 272 g/mol. The molecule has 0 bridgehead atoms. The number of anilines is 2. The van der Waals surface area contributed by atoms with Gasteiger partial charge in [0.2, 0.25) is 0 Å². The number of rotatable bonds is 5. The third kappa shape index (κ3) is 3.39. The Morgan fingerprint density at radius 3 is 2.70 bits per heavy atom. The van der Waals surface area contributed by atoms with Crippen LogP contribution >= 0.6 is 11.8 Å². The van der Waals surface area contributed by atoms with Crippen molar-refractivity contribution in [2.45, 2.75) is 36.9 Å². The first-order chi connectivity index (χ1) is 9.56. The standard InChI is InChI=1S/C15H22N2O2S/c1-20-15(7-3-2-4-8-15)10-17-13-6-5-11(16)9-12(13)14(18)19/h5-6,9,17H,2-4,7-8,10,16H2,1H3,(H,18,19). The van der Waals surface area contributed by atoms with Crippen LogP contribution in [0.5, 0.6) is 0 Å². The average Bonchev–Trinajstić information content (AvgIpc) is 2.47. The van der Waals surface area contributed by atoms with Crippen molar-refractivity contribution in [2.24, 2.45) is 0 Å². The first-order valence-corrected chi connectivity index (χ1v) is 8.21. The predicted molar refractivity (Wildman–Crippen MR) is 85.6 cm³/mol. The lowest BCUT2D eigenvalue weighted by Gasteiger charge is -2.36. The van der Waals surface area contributed by atoms with Crippen molar-refractivity contribution >= 4 is 29.1 Å². The first-order valence-electron chi connectivity index (χ1n) is 6.98. The van der Waals surface area contributed by atoms with Crippen LogP contribution in [0.15, 0.2) is 18.2 Å². The summed E-state index contributed by atoms with van der Waals surface area (Å²) in [5.41, 5.74) is 7.04. The van der Waals surface area contributed by atoms with Crippen molar-refractivity contribution in [3.05, 3.63) is 23.8 Å². The van der Waals surface area contributed by atoms with Crippen molar-refractivity contribution in [2.75, 3.05) is 23.9 Å². The Bertz CT molecular complexity index is 485. The van der Waals surface area contributed by atoms with Gasteiger partial charge in [-0.1, -0.05) is 19.3 Å². The van der Waals surface area contributed by atoms with E-state index in [0.717, 1.165) is 6.54 Å². The predicted octanol–water partition coefficient (Wildman–Crippen LogP) is 3.44. The van der Waals surface area contributed by atoms with Crippen LogP contribution in [-0.2, 0) is 0 Å². The molecule has 5 heteroatoms. The largest absolute Gasteiger partial charge is 0.478 e. The maximum absolute atomic E-state index is 11.3. The van der Waals surface area contributed by atoms with Crippen LogP contribution in [0.3, 0.4) is 0 Å². The van der Waals surface area contributed by atoms with Gasteiger partial charge in [0.1, 0.15) is 0 Å². The van der Waals surface area contributed by atoms with Gasteiger partial charge in [0.15, 0.2) is 0 Å². The third-order valence-electron chi connectivity index (χ3n) is 4.07. The summed E-state index contributed by atoms with van der Waals surface area (Å²) in [6, 6.07) is 5.01. The van der Waals surface area contributed by atoms with E-state index in [1.165, 1.54) is 38.2 Å². The number of carboxylic acid groups (broad SMARTS) is 1. The summed E-state index contributed by atoms with van der Waals surface area (Å²) in [5, 5.41) is 12.6. The molecule has 0 radical (unpaired) electrons. The van der Waals surface area contributed by atoms with Gasteiger partial charge in [-0.05, 0) is 37.3 Å². The molecule has 0 heterocycles. The number of hydrogen-bond acceptors (Lipinski definition) is 4. The summed E-state index contributed by atoms with van der Waals surface area (Å²) < 4.78 is 0.232. The summed E-state index contributed by atoms with van der Waals surface area (Å²) in [5.74, 6) is -0.943. The Kier molecular flexibility index (Phi) is 4.81. The lowest BCUT2D eigenvalue weighted by atomic mass is 9.88. The first kappa shape index (κ1) is 15.0. The number of carboxylic acids is 1. The maximum Gasteiger partial charge on any atom is 0.337 e. The molecular formula is C15H22N2O2S. The number of aromatic carboxylic acids is 1. The zero-order valence-electron chi connectivity index (χ0n) is 11.8. The molecule has 0 spiro atoms. The van der Waals surface area contributed by atoms with Crippen LogP contribution < -0.4 is 11.1 Å². The van der Waals surface area contributed by atoms with Gasteiger partial charge in [0.25, 0.3) is 0 Å². The fourth-order valence-electron chi connectivity index (χ4n) is 2.80. The molecule has 1 saturated carbocycles. The van der Waals surface area contributed by atoms with E-state index in [1.807, 2.05) is 11.8 Å². The molecule has 1 fully saturated rings. The second kappa shape index (κ2) is 6.39. The van der Waals surface area contributed by atoms with E-state index in [-0.39, 0.29) is 10.3 Å². The minimum Gasteiger partial charge on any atom is -0.478 e. The maximum atomic E-state index is 11.3. The second-order valence-corrected chi connectivity index (χ2v) is 6.69. The van der Waals surface area contributed by atoms with Crippen molar-refractivity contribution in [3.63, 3.8) is 0 Å². The molecule has 0 unspecified atom stereocenters. The van der Waals surface area contributed by atoms with E-state index in [1.54, 1.807) is 12.1 Å². The molecule has 0 aromatic heterocycles. The van der Waals surface area contributed by atoms with Crippen LogP contribution in [0, 0.1) is 0 Å². The molecule has 110 valence electrons. The number of nitrogens with two attached hydrogens (primary N) is 1. The van der Waals surface area contributed by atoms with E-state index in [4.69, 9.17) is 5.73 Å². The van der Waals surface area contributed by atoms with Crippen LogP contribution in [0.25, 0.3) is 0 Å². The van der Waals surface area contributed by atoms with Gasteiger partial charge in [0, 0.05) is 22.7 Å². The van der Waals surface area contributed by atoms with Gasteiger partial charge in [0.05, 0.1) is 5.56 Å². The molecule has 1 aromatic carbocycles. The van der Waals surface area contributed by atoms with Gasteiger partial charge < -0.3 is 16.2 Å². The molecule has 1 aliphatic carbocycles. The SMILES string of the molecule is CSC1(CNc2ccc(N)cc2C(=O)O)CCCCC1. The lowest BCUT2D eigenvalue weighted by molar-refractivity contribution is 0.0698. The zero-order valence-corrected chi connectivity index (χ0v) is 12.6. The van der Waals surface area contributed by atoms with Gasteiger partial charge in [-0.3, -0.25) is 0 Å². The van der Waals surface area contributed by atoms with Crippen molar-refractivity contribution < 1.29 is 9.90 Å². The van der Waals surface area contributed by atoms with Gasteiger partial charge in [-0.2, -0.15) is 11.8 Å². The number of thioether (sulfide) groups is 1. The molecule has 20 heavy (non-hydrogen) atoms. The summed E-state index contributed by atoms with van der Waals surface area (Å²) in [6.07, 6.45) is 8.36. The van der Waals surface area contributed by atoms with Crippen LogP contribution in [0.2, 0.25) is 0 Å². The van der Waals surface area contributed by atoms with E-state index in [9.17, 15) is 9.90 Å². The highest BCUT2D eigenvalue weighted by atomic mass is 32.2. The monoisotopic (exact) mass is 294 g/mol. The van der Waals surface area contributed by atoms with Crippen LogP contribution in [0.1, 0.15) is 42.5 Å². The molecule has 0 aliphatic heterocycles. The van der Waals surface area contributed by atoms with Crippen molar-refractivity contribution in [1.82, 2.24) is 0 Å². The number of benzene rings is 1. The highest BCUT2D eigenvalue weighted by Gasteiger charge is 2.31. The minimum atomic E-state index is -0.943. The number of hydrogen-bond donors (Lipinski definition) is 3. The van der Waals surface area contributed by atoms with E-state index in [0.29, 0.717) is 11.4 Å². The number of nitrogen functional groups attached to an aromatic ring is 1. The topological polar surface area (TPSA) is 75.3 Å².